The van der Waals surface area contributed by atoms with Crippen LogP contribution in [0.3, 0.4) is 0 Å². The van der Waals surface area contributed by atoms with Crippen molar-refractivity contribution in [3.63, 3.8) is 0 Å². The Morgan fingerprint density at radius 2 is 2.06 bits per heavy atom. The normalized spacial score (nSPS) is 11.4. The molecule has 0 radical (unpaired) electrons. The molecule has 0 fully saturated rings. The molecule has 1 rings (SSSR count). The highest BCUT2D eigenvalue weighted by molar-refractivity contribution is 14.1. The van der Waals surface area contributed by atoms with Gasteiger partial charge in [0, 0.05) is 25.9 Å². The van der Waals surface area contributed by atoms with Crippen LogP contribution in [0.25, 0.3) is 0 Å². The number of nitro benzene ring substituents is 1. The Labute approximate surface area is 111 Å². The molecular formula is C8H7ClINO4S. The Bertz CT molecular complexity index is 543. The molecule has 5 nitrogen and oxygen atoms in total. The summed E-state index contributed by atoms with van der Waals surface area (Å²) in [5, 5.41) is 10.7. The van der Waals surface area contributed by atoms with Gasteiger partial charge < -0.3 is 0 Å². The van der Waals surface area contributed by atoms with Gasteiger partial charge in [0.25, 0.3) is 14.7 Å². The number of aryl methyl sites for hydroxylation is 1. The minimum Gasteiger partial charge on any atom is -0.258 e. The molecule has 0 saturated carbocycles. The van der Waals surface area contributed by atoms with Gasteiger partial charge in [-0.3, -0.25) is 10.1 Å². The van der Waals surface area contributed by atoms with E-state index >= 15 is 0 Å². The van der Waals surface area contributed by atoms with E-state index in [1.54, 1.807) is 29.5 Å². The maximum atomic E-state index is 11.2. The molecule has 0 unspecified atom stereocenters. The quantitative estimate of drug-likeness (QED) is 0.352. The van der Waals surface area contributed by atoms with Crippen LogP contribution in [-0.2, 0) is 15.5 Å². The Balaban J connectivity index is 3.58. The highest BCUT2D eigenvalue weighted by Gasteiger charge is 2.22. The third kappa shape index (κ3) is 2.83. The second-order valence-electron chi connectivity index (χ2n) is 2.96. The lowest BCUT2D eigenvalue weighted by Gasteiger charge is -2.04. The molecule has 0 bridgehead atoms. The summed E-state index contributed by atoms with van der Waals surface area (Å²) in [6, 6.07) is 2.47. The number of rotatable bonds is 3. The van der Waals surface area contributed by atoms with Gasteiger partial charge in [-0.2, -0.15) is 0 Å². The van der Waals surface area contributed by atoms with Crippen molar-refractivity contribution in [2.75, 3.05) is 0 Å². The number of nitro groups is 1. The first kappa shape index (κ1) is 13.7. The Morgan fingerprint density at radius 3 is 2.44 bits per heavy atom. The largest absolute Gasteiger partial charge is 0.273 e. The molecule has 0 aliphatic carbocycles. The van der Waals surface area contributed by atoms with E-state index < -0.39 is 14.0 Å². The van der Waals surface area contributed by atoms with Crippen LogP contribution in [0.4, 0.5) is 5.69 Å². The van der Waals surface area contributed by atoms with Crippen LogP contribution in [0.2, 0.25) is 0 Å². The molecule has 0 heterocycles. The lowest BCUT2D eigenvalue weighted by atomic mass is 10.1. The predicted octanol–water partition coefficient (Wildman–Crippen LogP) is 2.69. The van der Waals surface area contributed by atoms with Crippen molar-refractivity contribution in [1.29, 1.82) is 0 Å². The van der Waals surface area contributed by atoms with Crippen molar-refractivity contribution in [3.05, 3.63) is 31.4 Å². The summed E-state index contributed by atoms with van der Waals surface area (Å²) in [4.78, 5) is 9.90. The number of nitrogens with zero attached hydrogens (tertiary/aromatic N) is 1. The van der Waals surface area contributed by atoms with E-state index in [1.807, 2.05) is 0 Å². The van der Waals surface area contributed by atoms with Gasteiger partial charge in [-0.25, -0.2) is 8.42 Å². The van der Waals surface area contributed by atoms with Crippen molar-refractivity contribution in [2.24, 2.45) is 0 Å². The Morgan fingerprint density at radius 1 is 1.50 bits per heavy atom. The molecule has 0 spiro atoms. The van der Waals surface area contributed by atoms with Gasteiger partial charge in [-0.1, -0.05) is 6.92 Å². The zero-order valence-electron chi connectivity index (χ0n) is 8.11. The minimum absolute atomic E-state index is 0.220. The third-order valence-corrected chi connectivity index (χ3v) is 4.59. The van der Waals surface area contributed by atoms with E-state index in [4.69, 9.17) is 10.7 Å². The highest BCUT2D eigenvalue weighted by atomic mass is 127. The standard InChI is InChI=1S/C8H7ClINO4S/c1-2-5-3-6(10)8(16(9,14)15)4-7(5)11(12)13/h3-4H,2H2,1H3. The lowest BCUT2D eigenvalue weighted by Crippen LogP contribution is -2.01. The van der Waals surface area contributed by atoms with E-state index in [-0.39, 0.29) is 10.6 Å². The van der Waals surface area contributed by atoms with E-state index in [0.717, 1.165) is 6.07 Å². The van der Waals surface area contributed by atoms with Crippen LogP contribution in [-0.4, -0.2) is 13.3 Å². The van der Waals surface area contributed by atoms with Gasteiger partial charge >= 0.3 is 0 Å². The summed E-state index contributed by atoms with van der Waals surface area (Å²) in [5.41, 5.74) is 0.264. The van der Waals surface area contributed by atoms with Crippen molar-refractivity contribution in [1.82, 2.24) is 0 Å². The van der Waals surface area contributed by atoms with Gasteiger partial charge in [0.05, 0.1) is 4.92 Å². The third-order valence-electron chi connectivity index (χ3n) is 1.97. The van der Waals surface area contributed by atoms with Gasteiger partial charge in [0.1, 0.15) is 4.90 Å². The van der Waals surface area contributed by atoms with Gasteiger partial charge in [0.2, 0.25) is 0 Å². The minimum atomic E-state index is -3.95. The molecular weight excluding hydrogens is 369 g/mol. The number of benzene rings is 1. The van der Waals surface area contributed by atoms with Crippen molar-refractivity contribution < 1.29 is 13.3 Å². The first-order valence-electron chi connectivity index (χ1n) is 4.18. The molecule has 0 atom stereocenters. The Hall–Kier alpha value is -0.410. The lowest BCUT2D eigenvalue weighted by molar-refractivity contribution is -0.385. The highest BCUT2D eigenvalue weighted by Crippen LogP contribution is 2.30. The van der Waals surface area contributed by atoms with Crippen LogP contribution in [0.1, 0.15) is 12.5 Å². The van der Waals surface area contributed by atoms with E-state index in [1.165, 1.54) is 6.07 Å². The average molecular weight is 376 g/mol. The zero-order chi connectivity index (χ0) is 12.5. The van der Waals surface area contributed by atoms with Crippen LogP contribution in [0.15, 0.2) is 17.0 Å². The molecule has 0 aliphatic heterocycles. The van der Waals surface area contributed by atoms with Crippen LogP contribution >= 0.6 is 33.3 Å². The molecule has 0 N–H and O–H groups in total. The van der Waals surface area contributed by atoms with Crippen LogP contribution in [0, 0.1) is 13.7 Å². The monoisotopic (exact) mass is 375 g/mol. The van der Waals surface area contributed by atoms with E-state index in [0.29, 0.717) is 15.6 Å². The molecule has 0 aliphatic rings. The maximum absolute atomic E-state index is 11.2. The summed E-state index contributed by atoms with van der Waals surface area (Å²) in [6.45, 7) is 1.76. The first-order valence-corrected chi connectivity index (χ1v) is 7.57. The SMILES string of the molecule is CCc1cc(I)c(S(=O)(=O)Cl)cc1[N+](=O)[O-]. The van der Waals surface area contributed by atoms with Crippen molar-refractivity contribution >= 4 is 48.0 Å². The molecule has 0 saturated heterocycles. The predicted molar refractivity (Wildman–Crippen MR) is 68.2 cm³/mol. The van der Waals surface area contributed by atoms with Crippen molar-refractivity contribution in [2.45, 2.75) is 18.2 Å². The molecule has 0 aromatic heterocycles. The zero-order valence-corrected chi connectivity index (χ0v) is 11.8. The van der Waals surface area contributed by atoms with Gasteiger partial charge in [-0.15, -0.1) is 0 Å². The fraction of sp³-hybridized carbons (Fsp3) is 0.250. The smallest absolute Gasteiger partial charge is 0.258 e. The number of halogens is 2. The van der Waals surface area contributed by atoms with Gasteiger partial charge in [-0.05, 0) is 35.1 Å². The number of hydrogen-bond donors (Lipinski definition) is 0. The van der Waals surface area contributed by atoms with E-state index in [9.17, 15) is 18.5 Å². The molecule has 1 aromatic rings. The number of hydrogen-bond acceptors (Lipinski definition) is 4. The summed E-state index contributed by atoms with van der Waals surface area (Å²) in [6.07, 6.45) is 0.453. The maximum Gasteiger partial charge on any atom is 0.273 e. The summed E-state index contributed by atoms with van der Waals surface area (Å²) >= 11 is 1.79. The fourth-order valence-electron chi connectivity index (χ4n) is 1.22. The molecule has 8 heteroatoms. The topological polar surface area (TPSA) is 77.3 Å². The first-order chi connectivity index (χ1) is 7.27. The van der Waals surface area contributed by atoms with E-state index in [2.05, 4.69) is 0 Å². The molecule has 88 valence electrons. The fourth-order valence-corrected chi connectivity index (χ4v) is 3.94. The summed E-state index contributed by atoms with van der Waals surface area (Å²) < 4.78 is 22.7. The van der Waals surface area contributed by atoms with Gasteiger partial charge in [0.15, 0.2) is 0 Å². The molecule has 1 aromatic carbocycles. The van der Waals surface area contributed by atoms with Crippen LogP contribution in [0.5, 0.6) is 0 Å². The molecule has 16 heavy (non-hydrogen) atoms. The van der Waals surface area contributed by atoms with Crippen molar-refractivity contribution in [3.8, 4) is 0 Å². The average Bonchev–Trinajstić information content (AvgIpc) is 2.14. The summed E-state index contributed by atoms with van der Waals surface area (Å²) in [7, 11) is 1.23. The second kappa shape index (κ2) is 4.84. The van der Waals surface area contributed by atoms with Crippen LogP contribution < -0.4 is 0 Å². The second-order valence-corrected chi connectivity index (χ2v) is 6.66. The summed E-state index contributed by atoms with van der Waals surface area (Å²) in [5.74, 6) is 0. The molecule has 0 amide bonds. The Kier molecular flexibility index (Phi) is 4.13.